The van der Waals surface area contributed by atoms with E-state index in [-0.39, 0.29) is 46.6 Å². The van der Waals surface area contributed by atoms with Crippen LogP contribution in [-0.2, 0) is 25.7 Å². The number of esters is 1. The summed E-state index contributed by atoms with van der Waals surface area (Å²) in [5.74, 6) is 2.76. The largest absolute Gasteiger partial charge is 0.481 e. The molecule has 10 unspecified atom stereocenters. The third-order valence-corrected chi connectivity index (χ3v) is 15.1. The van der Waals surface area contributed by atoms with Crippen LogP contribution >= 0.6 is 0 Å². The summed E-state index contributed by atoms with van der Waals surface area (Å²) in [4.78, 5) is 46.6. The Morgan fingerprint density at radius 3 is 2.41 bits per heavy atom. The number of carbonyl (C=O) groups excluding carboxylic acids is 2. The van der Waals surface area contributed by atoms with Gasteiger partial charge in [0.15, 0.2) is 0 Å². The first-order valence-corrected chi connectivity index (χ1v) is 19.1. The summed E-state index contributed by atoms with van der Waals surface area (Å²) in [6.07, 6.45) is 13.7. The Bertz CT molecular complexity index is 1570. The number of hydrogen-bond acceptors (Lipinski definition) is 5. The molecule has 0 saturated heterocycles. The molecule has 0 aliphatic heterocycles. The number of hydrogen-bond donors (Lipinski definition) is 3. The first kappa shape index (κ1) is 34.3. The van der Waals surface area contributed by atoms with Crippen LogP contribution in [0.2, 0.25) is 0 Å². The molecule has 0 bridgehead atoms. The average molecular weight is 672 g/mol. The number of amides is 1. The molecule has 5 aliphatic carbocycles. The van der Waals surface area contributed by atoms with Gasteiger partial charge in [0.05, 0.1) is 35.7 Å². The molecule has 2 aromatic rings. The SMILES string of the molecule is CC1C(OC(=O)CC(C)(C)C(=O)O)CCC2(C)C1CCC1(C)C3CCC4(C(=O)NCc5ncc(-c6ccccc6)[nH]5)CCCC4C3CCC21. The highest BCUT2D eigenvalue weighted by molar-refractivity contribution is 5.83. The molecule has 5 aliphatic rings. The summed E-state index contributed by atoms with van der Waals surface area (Å²) in [5, 5.41) is 12.9. The fourth-order valence-corrected chi connectivity index (χ4v) is 12.6. The number of H-pyrrole nitrogens is 1. The van der Waals surface area contributed by atoms with Crippen molar-refractivity contribution in [3.8, 4) is 11.3 Å². The van der Waals surface area contributed by atoms with E-state index < -0.39 is 11.4 Å². The van der Waals surface area contributed by atoms with Crippen molar-refractivity contribution in [3.05, 3.63) is 42.4 Å². The smallest absolute Gasteiger partial charge is 0.309 e. The zero-order valence-corrected chi connectivity index (χ0v) is 30.2. The van der Waals surface area contributed by atoms with Gasteiger partial charge in [0, 0.05) is 0 Å². The number of aromatic amines is 1. The van der Waals surface area contributed by atoms with E-state index in [1.54, 1.807) is 13.8 Å². The third kappa shape index (κ3) is 5.73. The minimum atomic E-state index is -1.13. The summed E-state index contributed by atoms with van der Waals surface area (Å²) >= 11 is 0. The summed E-state index contributed by atoms with van der Waals surface area (Å²) in [6, 6.07) is 10.2. The Morgan fingerprint density at radius 2 is 1.65 bits per heavy atom. The van der Waals surface area contributed by atoms with Gasteiger partial charge in [0.2, 0.25) is 5.91 Å². The van der Waals surface area contributed by atoms with Crippen molar-refractivity contribution in [2.45, 2.75) is 124 Å². The molecule has 7 rings (SSSR count). The molecule has 1 amide bonds. The molecule has 1 heterocycles. The molecule has 0 radical (unpaired) electrons. The molecular weight excluding hydrogens is 614 g/mol. The lowest BCUT2D eigenvalue weighted by atomic mass is 9.37. The molecule has 0 spiro atoms. The Morgan fingerprint density at radius 1 is 0.939 bits per heavy atom. The number of aromatic nitrogens is 2. The van der Waals surface area contributed by atoms with E-state index in [9.17, 15) is 19.5 Å². The van der Waals surface area contributed by atoms with Crippen LogP contribution < -0.4 is 5.32 Å². The van der Waals surface area contributed by atoms with Crippen LogP contribution in [0.4, 0.5) is 0 Å². The second-order valence-electron chi connectivity index (χ2n) is 17.8. The summed E-state index contributed by atoms with van der Waals surface area (Å²) in [5.41, 5.74) is 1.14. The van der Waals surface area contributed by atoms with Crippen LogP contribution in [0.1, 0.15) is 117 Å². The van der Waals surface area contributed by atoms with Crippen molar-refractivity contribution in [3.63, 3.8) is 0 Å². The number of carbonyl (C=O) groups is 3. The highest BCUT2D eigenvalue weighted by Gasteiger charge is 2.66. The highest BCUT2D eigenvalue weighted by Crippen LogP contribution is 2.71. The Balaban J connectivity index is 1.02. The zero-order valence-electron chi connectivity index (χ0n) is 30.2. The second kappa shape index (κ2) is 12.6. The van der Waals surface area contributed by atoms with Crippen molar-refractivity contribution in [1.29, 1.82) is 0 Å². The number of carboxylic acid groups (broad SMARTS) is 1. The first-order chi connectivity index (χ1) is 23.3. The number of fused-ring (bicyclic) bond motifs is 7. The lowest BCUT2D eigenvalue weighted by molar-refractivity contribution is -0.203. The van der Waals surface area contributed by atoms with Gasteiger partial charge in [-0.1, -0.05) is 57.5 Å². The van der Waals surface area contributed by atoms with Crippen molar-refractivity contribution in [1.82, 2.24) is 15.3 Å². The minimum absolute atomic E-state index is 0.101. The number of aliphatic carboxylic acids is 1. The van der Waals surface area contributed by atoms with Gasteiger partial charge in [-0.2, -0.15) is 0 Å². The number of nitrogens with zero attached hydrogens (tertiary/aromatic N) is 1. The van der Waals surface area contributed by atoms with Crippen molar-refractivity contribution < 1.29 is 24.2 Å². The van der Waals surface area contributed by atoms with Gasteiger partial charge < -0.3 is 20.1 Å². The van der Waals surface area contributed by atoms with Crippen molar-refractivity contribution in [2.75, 3.05) is 0 Å². The van der Waals surface area contributed by atoms with Crippen molar-refractivity contribution in [2.24, 2.45) is 57.2 Å². The molecule has 266 valence electrons. The highest BCUT2D eigenvalue weighted by atomic mass is 16.5. The van der Waals surface area contributed by atoms with E-state index in [0.29, 0.717) is 36.1 Å². The van der Waals surface area contributed by atoms with E-state index in [1.807, 2.05) is 24.4 Å². The zero-order chi connectivity index (χ0) is 34.8. The summed E-state index contributed by atoms with van der Waals surface area (Å²) in [6.45, 7) is 11.0. The number of rotatable bonds is 8. The van der Waals surface area contributed by atoms with Crippen LogP contribution in [0.15, 0.2) is 36.5 Å². The standard InChI is InChI=1S/C41H57N3O5/c1-25-28-15-19-40(5)29-16-21-41(36(46)43-24-34-42-23-31(44-34)26-10-7-6-8-11-26)18-9-12-30(41)27(29)13-14-33(40)39(28,4)20-17-32(25)49-35(45)22-38(2,3)37(47)48/h6-8,10-11,23,25,27-30,32-33H,9,12-22,24H2,1-5H3,(H,42,44)(H,43,46)(H,47,48). The lowest BCUT2D eigenvalue weighted by Crippen LogP contribution is -2.62. The van der Waals surface area contributed by atoms with Crippen LogP contribution in [0.5, 0.6) is 0 Å². The van der Waals surface area contributed by atoms with Gasteiger partial charge in [-0.15, -0.1) is 0 Å². The predicted molar refractivity (Wildman–Crippen MR) is 188 cm³/mol. The molecular formula is C41H57N3O5. The summed E-state index contributed by atoms with van der Waals surface area (Å²) in [7, 11) is 0. The van der Waals surface area contributed by atoms with E-state index in [0.717, 1.165) is 68.4 Å². The summed E-state index contributed by atoms with van der Waals surface area (Å²) < 4.78 is 6.04. The van der Waals surface area contributed by atoms with Gasteiger partial charge in [-0.05, 0) is 130 Å². The van der Waals surface area contributed by atoms with Crippen LogP contribution in [0.25, 0.3) is 11.3 Å². The topological polar surface area (TPSA) is 121 Å². The van der Waals surface area contributed by atoms with Gasteiger partial charge in [0.1, 0.15) is 11.9 Å². The van der Waals surface area contributed by atoms with Gasteiger partial charge >= 0.3 is 11.9 Å². The molecule has 8 heteroatoms. The van der Waals surface area contributed by atoms with Gasteiger partial charge in [-0.3, -0.25) is 14.4 Å². The van der Waals surface area contributed by atoms with E-state index in [2.05, 4.69) is 48.2 Å². The number of imidazole rings is 1. The average Bonchev–Trinajstić information content (AvgIpc) is 3.73. The minimum Gasteiger partial charge on any atom is -0.481 e. The molecule has 5 fully saturated rings. The third-order valence-electron chi connectivity index (χ3n) is 15.1. The number of benzene rings is 1. The maximum Gasteiger partial charge on any atom is 0.309 e. The number of carboxylic acids is 1. The molecule has 1 aromatic heterocycles. The molecule has 1 aromatic carbocycles. The van der Waals surface area contributed by atoms with Crippen molar-refractivity contribution >= 4 is 17.8 Å². The molecule has 49 heavy (non-hydrogen) atoms. The van der Waals surface area contributed by atoms with Crippen LogP contribution in [0.3, 0.4) is 0 Å². The number of ether oxygens (including phenoxy) is 1. The fourth-order valence-electron chi connectivity index (χ4n) is 12.6. The molecule has 5 saturated carbocycles. The molecule has 10 atom stereocenters. The van der Waals surface area contributed by atoms with E-state index >= 15 is 0 Å². The Kier molecular flexibility index (Phi) is 8.79. The quantitative estimate of drug-likeness (QED) is 0.244. The number of nitrogens with one attached hydrogen (secondary N) is 2. The fraction of sp³-hybridized carbons (Fsp3) is 0.707. The van der Waals surface area contributed by atoms with Gasteiger partial charge in [0.25, 0.3) is 0 Å². The molecule has 8 nitrogen and oxygen atoms in total. The van der Waals surface area contributed by atoms with Gasteiger partial charge in [-0.25, -0.2) is 4.98 Å². The Labute approximate surface area is 292 Å². The van der Waals surface area contributed by atoms with E-state index in [1.165, 1.54) is 19.3 Å². The predicted octanol–water partition coefficient (Wildman–Crippen LogP) is 8.18. The first-order valence-electron chi connectivity index (χ1n) is 19.1. The Hall–Kier alpha value is -3.16. The van der Waals surface area contributed by atoms with Crippen LogP contribution in [0, 0.1) is 57.2 Å². The second-order valence-corrected chi connectivity index (χ2v) is 17.8. The normalized spacial score (nSPS) is 38.3. The van der Waals surface area contributed by atoms with E-state index in [4.69, 9.17) is 4.74 Å². The lowest BCUT2D eigenvalue weighted by Gasteiger charge is -2.67. The molecule has 3 N–H and O–H groups in total. The monoisotopic (exact) mass is 671 g/mol. The maximum absolute atomic E-state index is 14.2. The van der Waals surface area contributed by atoms with Crippen LogP contribution in [-0.4, -0.2) is 39.0 Å². The maximum atomic E-state index is 14.2.